The summed E-state index contributed by atoms with van der Waals surface area (Å²) in [5.74, 6) is -4.09. The number of hydrogen-bond donors (Lipinski definition) is 2. The number of fused-ring (bicyclic) bond motifs is 5. The van der Waals surface area contributed by atoms with Crippen molar-refractivity contribution in [2.45, 2.75) is 50.8 Å². The van der Waals surface area contributed by atoms with Gasteiger partial charge in [-0.05, 0) is 69.5 Å². The van der Waals surface area contributed by atoms with E-state index in [2.05, 4.69) is 4.98 Å². The Morgan fingerprint density at radius 2 is 1.81 bits per heavy atom. The summed E-state index contributed by atoms with van der Waals surface area (Å²) in [6.07, 6.45) is 1.84. The van der Waals surface area contributed by atoms with Crippen LogP contribution in [0.2, 0.25) is 0 Å². The molecule has 0 aliphatic carbocycles. The van der Waals surface area contributed by atoms with Gasteiger partial charge in [-0.2, -0.15) is 8.78 Å². The quantitative estimate of drug-likeness (QED) is 0.171. The lowest BCUT2D eigenvalue weighted by molar-refractivity contribution is -0.191. The highest BCUT2D eigenvalue weighted by Gasteiger charge is 2.43. The largest absolute Gasteiger partial charge is 0.433 e. The van der Waals surface area contributed by atoms with E-state index in [1.165, 1.54) is 22.8 Å². The van der Waals surface area contributed by atoms with Gasteiger partial charge in [0, 0.05) is 11.8 Å². The van der Waals surface area contributed by atoms with Gasteiger partial charge in [-0.1, -0.05) is 25.1 Å². The number of aliphatic hydroxyl groups is 2. The zero-order chi connectivity index (χ0) is 30.8. The molecule has 0 bridgehead atoms. The lowest BCUT2D eigenvalue weighted by Crippen LogP contribution is -2.53. The molecule has 0 fully saturated rings. The third-order valence-electron chi connectivity index (χ3n) is 7.99. The van der Waals surface area contributed by atoms with E-state index in [-0.39, 0.29) is 29.2 Å². The van der Waals surface area contributed by atoms with E-state index in [0.717, 1.165) is 5.56 Å². The predicted octanol–water partition coefficient (Wildman–Crippen LogP) is 5.22. The minimum atomic E-state index is -3.19. The third kappa shape index (κ3) is 4.91. The van der Waals surface area contributed by atoms with Crippen molar-refractivity contribution in [2.75, 3.05) is 13.3 Å². The molecule has 1 atom stereocenters. The normalized spacial score (nSPS) is 16.0. The Morgan fingerprint density at radius 1 is 1.12 bits per heavy atom. The standard InChI is InChI=1S/C29H30BF2N4O5P/c1-6-20-25-34-19-12-10-16(17-11-13-23(33-15-17)28(2,3)42(4,5)40)14-21(19)35(25)24-18(26(37)36(20)29(30,38)39)8-7-9-22(24)41-27(31)32/h7-15,20,27,38-39H,6H2,1-5H3. The summed E-state index contributed by atoms with van der Waals surface area (Å²) in [7, 11) is 3.12. The molecule has 2 aromatic carbocycles. The summed E-state index contributed by atoms with van der Waals surface area (Å²) < 4.78 is 46.3. The van der Waals surface area contributed by atoms with Crippen molar-refractivity contribution < 1.29 is 33.1 Å². The summed E-state index contributed by atoms with van der Waals surface area (Å²) in [6.45, 7) is 5.75. The van der Waals surface area contributed by atoms with Crippen LogP contribution in [0.25, 0.3) is 27.8 Å². The van der Waals surface area contributed by atoms with E-state index in [1.54, 1.807) is 38.6 Å². The lowest BCUT2D eigenvalue weighted by atomic mass is 9.97. The van der Waals surface area contributed by atoms with Crippen LogP contribution < -0.4 is 4.74 Å². The van der Waals surface area contributed by atoms with Crippen LogP contribution in [0.3, 0.4) is 0 Å². The van der Waals surface area contributed by atoms with Crippen LogP contribution in [0.4, 0.5) is 8.78 Å². The monoisotopic (exact) mass is 594 g/mol. The Bertz CT molecular complexity index is 1730. The first-order chi connectivity index (χ1) is 19.6. The molecule has 13 heteroatoms. The first-order valence-electron chi connectivity index (χ1n) is 13.3. The number of amides is 1. The Balaban J connectivity index is 1.76. The second-order valence-corrected chi connectivity index (χ2v) is 15.0. The Labute approximate surface area is 242 Å². The summed E-state index contributed by atoms with van der Waals surface area (Å²) in [4.78, 5) is 23.6. The molecule has 1 aliphatic heterocycles. The number of pyridine rings is 1. The maximum Gasteiger partial charge on any atom is 0.387 e. The number of hydrogen-bond acceptors (Lipinski definition) is 7. The van der Waals surface area contributed by atoms with Gasteiger partial charge in [0.1, 0.15) is 11.5 Å². The molecule has 5 rings (SSSR count). The summed E-state index contributed by atoms with van der Waals surface area (Å²) >= 11 is 0. The molecule has 2 aromatic heterocycles. The lowest BCUT2D eigenvalue weighted by Gasteiger charge is -2.37. The van der Waals surface area contributed by atoms with Crippen LogP contribution >= 0.6 is 7.14 Å². The molecule has 2 radical (unpaired) electrons. The van der Waals surface area contributed by atoms with Crippen molar-refractivity contribution in [3.63, 3.8) is 0 Å². The van der Waals surface area contributed by atoms with Crippen molar-refractivity contribution in [1.82, 2.24) is 19.4 Å². The van der Waals surface area contributed by atoms with Crippen LogP contribution in [-0.4, -0.2) is 69.2 Å². The Morgan fingerprint density at radius 3 is 2.38 bits per heavy atom. The van der Waals surface area contributed by atoms with Crippen molar-refractivity contribution in [2.24, 2.45) is 0 Å². The van der Waals surface area contributed by atoms with Gasteiger partial charge in [0.05, 0.1) is 40.6 Å². The maximum atomic E-state index is 13.7. The number of benzene rings is 2. The molecular formula is C29H30BF2N4O5P. The van der Waals surface area contributed by atoms with Gasteiger partial charge in [0.15, 0.2) is 19.4 Å². The fourth-order valence-electron chi connectivity index (χ4n) is 5.18. The Hall–Kier alpha value is -3.60. The van der Waals surface area contributed by atoms with Crippen LogP contribution in [0.5, 0.6) is 5.75 Å². The van der Waals surface area contributed by atoms with Crippen LogP contribution in [0, 0.1) is 0 Å². The van der Waals surface area contributed by atoms with Gasteiger partial charge in [0.25, 0.3) is 5.91 Å². The van der Waals surface area contributed by atoms with E-state index < -0.39 is 36.7 Å². The minimum absolute atomic E-state index is 0.0282. The molecule has 2 N–H and O–H groups in total. The molecule has 1 aliphatic rings. The molecule has 1 unspecified atom stereocenters. The van der Waals surface area contributed by atoms with E-state index in [4.69, 9.17) is 17.6 Å². The average molecular weight is 594 g/mol. The predicted molar refractivity (Wildman–Crippen MR) is 156 cm³/mol. The number of imidazole rings is 1. The van der Waals surface area contributed by atoms with Crippen LogP contribution in [0.15, 0.2) is 54.7 Å². The summed E-state index contributed by atoms with van der Waals surface area (Å²) in [5.41, 5.74) is 2.88. The topological polar surface area (TPSA) is 118 Å². The van der Waals surface area contributed by atoms with Crippen molar-refractivity contribution in [3.8, 4) is 22.6 Å². The van der Waals surface area contributed by atoms with Crippen LogP contribution in [0.1, 0.15) is 55.1 Å². The van der Waals surface area contributed by atoms with Gasteiger partial charge in [0.2, 0.25) is 0 Å². The van der Waals surface area contributed by atoms with Crippen molar-refractivity contribution >= 4 is 31.9 Å². The molecule has 9 nitrogen and oxygen atoms in total. The number of para-hydroxylation sites is 1. The molecule has 0 saturated carbocycles. The number of halogens is 2. The fourth-order valence-corrected chi connectivity index (χ4v) is 5.87. The summed E-state index contributed by atoms with van der Waals surface area (Å²) in [5, 5.41) is 20.2. The molecule has 218 valence electrons. The van der Waals surface area contributed by atoms with Crippen LogP contribution in [-0.2, 0) is 9.72 Å². The molecule has 3 heterocycles. The number of rotatable bonds is 7. The van der Waals surface area contributed by atoms with E-state index in [9.17, 15) is 28.4 Å². The fraction of sp³-hybridized carbons (Fsp3) is 0.345. The first kappa shape index (κ1) is 29.9. The first-order valence-corrected chi connectivity index (χ1v) is 15.9. The number of alkyl halides is 2. The third-order valence-corrected chi connectivity index (χ3v) is 10.9. The van der Waals surface area contributed by atoms with Gasteiger partial charge in [-0.3, -0.25) is 19.2 Å². The minimum Gasteiger partial charge on any atom is -0.433 e. The van der Waals surface area contributed by atoms with E-state index >= 15 is 0 Å². The SMILES string of the molecule is [B]C(O)(O)N1C(=O)c2cccc(OC(F)F)c2-n2c(nc3ccc(-c4ccc(C(C)(C)P(C)(C)=O)nc4)cc32)C1CC. The Kier molecular flexibility index (Phi) is 7.32. The highest BCUT2D eigenvalue weighted by Crippen LogP contribution is 2.56. The smallest absolute Gasteiger partial charge is 0.387 e. The molecule has 0 spiro atoms. The number of ether oxygens (including phenoxy) is 1. The van der Waals surface area contributed by atoms with Gasteiger partial charge in [-0.25, -0.2) is 4.98 Å². The molecule has 42 heavy (non-hydrogen) atoms. The second kappa shape index (κ2) is 10.3. The molecule has 0 saturated heterocycles. The molecule has 4 aromatic rings. The van der Waals surface area contributed by atoms with Crippen molar-refractivity contribution in [1.29, 1.82) is 0 Å². The highest BCUT2D eigenvalue weighted by molar-refractivity contribution is 7.63. The highest BCUT2D eigenvalue weighted by atomic mass is 31.2. The number of aromatic nitrogens is 3. The second-order valence-electron chi connectivity index (χ2n) is 11.2. The zero-order valence-electron chi connectivity index (χ0n) is 23.7. The van der Waals surface area contributed by atoms with E-state index in [0.29, 0.717) is 27.2 Å². The number of nitrogens with zero attached hydrogens (tertiary/aromatic N) is 4. The van der Waals surface area contributed by atoms with Crippen molar-refractivity contribution in [3.05, 3.63) is 71.8 Å². The average Bonchev–Trinajstić information content (AvgIpc) is 3.22. The maximum absolute atomic E-state index is 13.7. The number of carbonyl (C=O) groups is 1. The zero-order valence-corrected chi connectivity index (χ0v) is 24.6. The summed E-state index contributed by atoms with van der Waals surface area (Å²) in [6, 6.07) is 12.0. The van der Waals surface area contributed by atoms with E-state index in [1.807, 2.05) is 32.0 Å². The molecule has 1 amide bonds. The number of carbonyl (C=O) groups excluding carboxylic acids is 1. The molecular weight excluding hydrogens is 564 g/mol. The van der Waals surface area contributed by atoms with Gasteiger partial charge < -0.3 is 19.5 Å². The van der Waals surface area contributed by atoms with Gasteiger partial charge >= 0.3 is 6.61 Å². The van der Waals surface area contributed by atoms with Gasteiger partial charge in [-0.15, -0.1) is 0 Å².